The molecule has 0 aliphatic heterocycles. The first-order valence-corrected chi connectivity index (χ1v) is 6.21. The first-order valence-electron chi connectivity index (χ1n) is 6.21. The van der Waals surface area contributed by atoms with Gasteiger partial charge in [-0.15, -0.1) is 0 Å². The highest BCUT2D eigenvalue weighted by molar-refractivity contribution is 5.58. The van der Waals surface area contributed by atoms with E-state index in [1.165, 1.54) is 6.33 Å². The maximum Gasteiger partial charge on any atom is 0.131 e. The fraction of sp³-hybridized carbons (Fsp3) is 0.0714. The Morgan fingerprint density at radius 1 is 1.10 bits per heavy atom. The van der Waals surface area contributed by atoms with Crippen LogP contribution < -0.4 is 11.1 Å². The molecular formula is C14H14N6. The molecule has 0 bridgehead atoms. The van der Waals surface area contributed by atoms with Gasteiger partial charge in [0.2, 0.25) is 0 Å². The third kappa shape index (κ3) is 2.74. The molecule has 0 aliphatic rings. The summed E-state index contributed by atoms with van der Waals surface area (Å²) in [6.07, 6.45) is 3.18. The van der Waals surface area contributed by atoms with Crippen molar-refractivity contribution in [2.24, 2.45) is 0 Å². The summed E-state index contributed by atoms with van der Waals surface area (Å²) < 4.78 is 0. The first kappa shape index (κ1) is 12.2. The van der Waals surface area contributed by atoms with Gasteiger partial charge in [0, 0.05) is 18.8 Å². The lowest BCUT2D eigenvalue weighted by molar-refractivity contribution is 1.08. The van der Waals surface area contributed by atoms with E-state index in [4.69, 9.17) is 5.73 Å². The van der Waals surface area contributed by atoms with Gasteiger partial charge in [-0.25, -0.2) is 9.97 Å². The summed E-state index contributed by atoms with van der Waals surface area (Å²) in [6.45, 7) is 0.680. The zero-order valence-electron chi connectivity index (χ0n) is 10.7. The summed E-state index contributed by atoms with van der Waals surface area (Å²) in [5.74, 6) is 1.17. The van der Waals surface area contributed by atoms with Gasteiger partial charge in [0.1, 0.15) is 18.0 Å². The number of aromatic amines is 1. The van der Waals surface area contributed by atoms with Gasteiger partial charge >= 0.3 is 0 Å². The van der Waals surface area contributed by atoms with Gasteiger partial charge in [0.15, 0.2) is 0 Å². The van der Waals surface area contributed by atoms with Crippen LogP contribution in [0, 0.1) is 0 Å². The van der Waals surface area contributed by atoms with E-state index in [1.807, 2.05) is 6.07 Å². The minimum atomic E-state index is 0.456. The molecule has 4 N–H and O–H groups in total. The number of nitrogen functional groups attached to an aromatic ring is 1. The molecule has 1 aromatic carbocycles. The third-order valence-corrected chi connectivity index (χ3v) is 2.93. The maximum atomic E-state index is 5.60. The normalized spacial score (nSPS) is 10.4. The van der Waals surface area contributed by atoms with Crippen LogP contribution in [0.4, 0.5) is 11.6 Å². The van der Waals surface area contributed by atoms with Gasteiger partial charge in [-0.05, 0) is 17.2 Å². The molecule has 6 nitrogen and oxygen atoms in total. The molecule has 100 valence electrons. The van der Waals surface area contributed by atoms with Crippen LogP contribution in [0.15, 0.2) is 48.9 Å². The van der Waals surface area contributed by atoms with E-state index in [1.54, 1.807) is 12.3 Å². The Morgan fingerprint density at radius 3 is 2.65 bits per heavy atom. The molecule has 3 rings (SSSR count). The number of anilines is 2. The highest BCUT2D eigenvalue weighted by Crippen LogP contribution is 2.17. The molecule has 0 unspecified atom stereocenters. The smallest absolute Gasteiger partial charge is 0.131 e. The third-order valence-electron chi connectivity index (χ3n) is 2.93. The number of aromatic nitrogens is 4. The zero-order chi connectivity index (χ0) is 13.8. The number of nitrogens with two attached hydrogens (primary N) is 1. The minimum absolute atomic E-state index is 0.456. The predicted molar refractivity (Wildman–Crippen MR) is 77.8 cm³/mol. The van der Waals surface area contributed by atoms with Crippen molar-refractivity contribution >= 4 is 11.6 Å². The Bertz CT molecular complexity index is 675. The second-order valence-corrected chi connectivity index (χ2v) is 4.35. The number of nitrogens with zero attached hydrogens (tertiary/aromatic N) is 3. The average molecular weight is 266 g/mol. The molecular weight excluding hydrogens is 252 g/mol. The lowest BCUT2D eigenvalue weighted by atomic mass is 10.1. The van der Waals surface area contributed by atoms with Gasteiger partial charge < -0.3 is 11.1 Å². The summed E-state index contributed by atoms with van der Waals surface area (Å²) in [4.78, 5) is 7.95. The molecule has 0 amide bonds. The fourth-order valence-corrected chi connectivity index (χ4v) is 1.88. The minimum Gasteiger partial charge on any atom is -0.384 e. The van der Waals surface area contributed by atoms with Crippen LogP contribution >= 0.6 is 0 Å². The standard InChI is InChI=1S/C14H14N6/c15-13-7-14(18-9-17-13)16-8-10-1-3-11(4-2-10)12-5-6-19-20-12/h1-7,9H,8H2,(H,19,20)(H3,15,16,17,18). The summed E-state index contributed by atoms with van der Waals surface area (Å²) in [5.41, 5.74) is 8.88. The van der Waals surface area contributed by atoms with Crippen molar-refractivity contribution < 1.29 is 0 Å². The molecule has 6 heteroatoms. The summed E-state index contributed by atoms with van der Waals surface area (Å²) in [5, 5.41) is 10.1. The van der Waals surface area contributed by atoms with Crippen molar-refractivity contribution in [1.29, 1.82) is 0 Å². The van der Waals surface area contributed by atoms with Crippen molar-refractivity contribution in [3.63, 3.8) is 0 Å². The van der Waals surface area contributed by atoms with Gasteiger partial charge in [0.05, 0.1) is 5.69 Å². The van der Waals surface area contributed by atoms with E-state index in [0.29, 0.717) is 12.4 Å². The molecule has 0 aliphatic carbocycles. The number of hydrogen-bond acceptors (Lipinski definition) is 5. The molecule has 0 fully saturated rings. The lowest BCUT2D eigenvalue weighted by Crippen LogP contribution is -2.02. The molecule has 0 saturated heterocycles. The lowest BCUT2D eigenvalue weighted by Gasteiger charge is -2.06. The Balaban J connectivity index is 1.67. The van der Waals surface area contributed by atoms with Crippen LogP contribution in [0.1, 0.15) is 5.56 Å². The quantitative estimate of drug-likeness (QED) is 0.672. The number of benzene rings is 1. The monoisotopic (exact) mass is 266 g/mol. The summed E-state index contributed by atoms with van der Waals surface area (Å²) >= 11 is 0. The zero-order valence-corrected chi connectivity index (χ0v) is 10.7. The SMILES string of the molecule is Nc1cc(NCc2ccc(-c3ccn[nH]3)cc2)ncn1. The Morgan fingerprint density at radius 2 is 1.95 bits per heavy atom. The van der Waals surface area contributed by atoms with E-state index in [0.717, 1.165) is 22.6 Å². The van der Waals surface area contributed by atoms with Crippen molar-refractivity contribution in [2.45, 2.75) is 6.54 Å². The van der Waals surface area contributed by atoms with Crippen LogP contribution in [0.5, 0.6) is 0 Å². The molecule has 20 heavy (non-hydrogen) atoms. The van der Waals surface area contributed by atoms with Gasteiger partial charge in [-0.2, -0.15) is 5.10 Å². The second kappa shape index (κ2) is 5.40. The summed E-state index contributed by atoms with van der Waals surface area (Å²) in [7, 11) is 0. The van der Waals surface area contributed by atoms with E-state index in [2.05, 4.69) is 49.7 Å². The molecule has 0 radical (unpaired) electrons. The predicted octanol–water partition coefficient (Wildman–Crippen LogP) is 2.06. The number of hydrogen-bond donors (Lipinski definition) is 3. The Labute approximate surface area is 116 Å². The van der Waals surface area contributed by atoms with Crippen LogP contribution in [0.25, 0.3) is 11.3 Å². The van der Waals surface area contributed by atoms with E-state index in [-0.39, 0.29) is 0 Å². The Kier molecular flexibility index (Phi) is 3.28. The topological polar surface area (TPSA) is 92.5 Å². The molecule has 0 spiro atoms. The van der Waals surface area contributed by atoms with Crippen LogP contribution in [-0.2, 0) is 6.54 Å². The summed E-state index contributed by atoms with van der Waals surface area (Å²) in [6, 6.07) is 11.9. The molecule has 2 heterocycles. The van der Waals surface area contributed by atoms with Crippen LogP contribution in [0.3, 0.4) is 0 Å². The maximum absolute atomic E-state index is 5.60. The molecule has 2 aromatic heterocycles. The van der Waals surface area contributed by atoms with E-state index in [9.17, 15) is 0 Å². The fourth-order valence-electron chi connectivity index (χ4n) is 1.88. The molecule has 3 aromatic rings. The average Bonchev–Trinajstić information content (AvgIpc) is 3.00. The van der Waals surface area contributed by atoms with Crippen molar-refractivity contribution in [3.8, 4) is 11.3 Å². The van der Waals surface area contributed by atoms with Crippen LogP contribution in [0.2, 0.25) is 0 Å². The second-order valence-electron chi connectivity index (χ2n) is 4.35. The Hall–Kier alpha value is -2.89. The van der Waals surface area contributed by atoms with E-state index >= 15 is 0 Å². The van der Waals surface area contributed by atoms with Crippen molar-refractivity contribution in [2.75, 3.05) is 11.1 Å². The first-order chi connectivity index (χ1) is 9.81. The van der Waals surface area contributed by atoms with Gasteiger partial charge in [-0.1, -0.05) is 24.3 Å². The van der Waals surface area contributed by atoms with Crippen molar-refractivity contribution in [1.82, 2.24) is 20.2 Å². The molecule has 0 saturated carbocycles. The van der Waals surface area contributed by atoms with E-state index < -0.39 is 0 Å². The number of nitrogens with one attached hydrogen (secondary N) is 2. The van der Waals surface area contributed by atoms with Gasteiger partial charge in [0.25, 0.3) is 0 Å². The number of rotatable bonds is 4. The largest absolute Gasteiger partial charge is 0.384 e. The highest BCUT2D eigenvalue weighted by Gasteiger charge is 2.00. The van der Waals surface area contributed by atoms with Crippen LogP contribution in [-0.4, -0.2) is 20.2 Å². The molecule has 0 atom stereocenters. The van der Waals surface area contributed by atoms with Crippen molar-refractivity contribution in [3.05, 3.63) is 54.5 Å². The van der Waals surface area contributed by atoms with Gasteiger partial charge in [-0.3, -0.25) is 5.10 Å². The highest BCUT2D eigenvalue weighted by atomic mass is 15.1. The number of H-pyrrole nitrogens is 1.